The first kappa shape index (κ1) is 14.6. The summed E-state index contributed by atoms with van der Waals surface area (Å²) in [6, 6.07) is 5.55. The number of hydrogen-bond donors (Lipinski definition) is 2. The van der Waals surface area contributed by atoms with Crippen LogP contribution in [0.4, 0.5) is 13.2 Å². The number of carboxylic acids is 1. The van der Waals surface area contributed by atoms with Gasteiger partial charge in [0.05, 0.1) is 11.1 Å². The monoisotopic (exact) mass is 299 g/mol. The lowest BCUT2D eigenvalue weighted by Gasteiger charge is -2.10. The van der Waals surface area contributed by atoms with Gasteiger partial charge < -0.3 is 14.8 Å². The minimum Gasteiger partial charge on any atom is -0.478 e. The Balaban J connectivity index is 2.45. The van der Waals surface area contributed by atoms with E-state index in [9.17, 15) is 22.8 Å². The molecule has 1 aromatic heterocycles. The van der Waals surface area contributed by atoms with Gasteiger partial charge in [0, 0.05) is 6.20 Å². The van der Waals surface area contributed by atoms with Crippen molar-refractivity contribution in [3.63, 3.8) is 0 Å². The molecular formula is C13H8F3NO4. The van der Waals surface area contributed by atoms with Crippen molar-refractivity contribution < 1.29 is 27.8 Å². The van der Waals surface area contributed by atoms with Gasteiger partial charge >= 0.3 is 12.3 Å². The SMILES string of the molecule is O=C(O)c1cc[nH]c(=O)c1-c1ccc(OC(F)(F)F)cc1. The highest BCUT2D eigenvalue weighted by atomic mass is 19.4. The largest absolute Gasteiger partial charge is 0.573 e. The van der Waals surface area contributed by atoms with Gasteiger partial charge in [0.2, 0.25) is 0 Å². The normalized spacial score (nSPS) is 11.2. The van der Waals surface area contributed by atoms with E-state index < -0.39 is 23.6 Å². The fourth-order valence-electron chi connectivity index (χ4n) is 1.77. The van der Waals surface area contributed by atoms with Crippen LogP contribution in [0.1, 0.15) is 10.4 Å². The first-order chi connectivity index (χ1) is 9.78. The summed E-state index contributed by atoms with van der Waals surface area (Å²) in [5.74, 6) is -1.78. The molecule has 0 aliphatic heterocycles. The summed E-state index contributed by atoms with van der Waals surface area (Å²) in [7, 11) is 0. The number of benzene rings is 1. The second-order valence-corrected chi connectivity index (χ2v) is 3.97. The molecule has 0 saturated carbocycles. The smallest absolute Gasteiger partial charge is 0.478 e. The number of nitrogens with one attached hydrogen (secondary N) is 1. The van der Waals surface area contributed by atoms with Crippen LogP contribution < -0.4 is 10.3 Å². The van der Waals surface area contributed by atoms with Crippen molar-refractivity contribution in [3.05, 3.63) is 52.4 Å². The number of hydrogen-bond acceptors (Lipinski definition) is 3. The number of alkyl halides is 3. The predicted octanol–water partition coefficient (Wildman–Crippen LogP) is 2.64. The van der Waals surface area contributed by atoms with Crippen molar-refractivity contribution in [1.29, 1.82) is 0 Å². The highest BCUT2D eigenvalue weighted by Crippen LogP contribution is 2.26. The Morgan fingerprint density at radius 1 is 1.14 bits per heavy atom. The van der Waals surface area contributed by atoms with Gasteiger partial charge in [-0.3, -0.25) is 4.79 Å². The molecule has 0 spiro atoms. The molecule has 0 amide bonds. The second-order valence-electron chi connectivity index (χ2n) is 3.97. The highest BCUT2D eigenvalue weighted by molar-refractivity contribution is 5.95. The number of carboxylic acid groups (broad SMARTS) is 1. The molecule has 1 aromatic carbocycles. The van der Waals surface area contributed by atoms with Gasteiger partial charge in [0.15, 0.2) is 0 Å². The van der Waals surface area contributed by atoms with Gasteiger partial charge in [-0.15, -0.1) is 13.2 Å². The van der Waals surface area contributed by atoms with Crippen LogP contribution in [-0.4, -0.2) is 22.4 Å². The molecule has 2 rings (SSSR count). The van der Waals surface area contributed by atoms with Crippen molar-refractivity contribution in [2.45, 2.75) is 6.36 Å². The molecular weight excluding hydrogens is 291 g/mol. The third-order valence-corrected chi connectivity index (χ3v) is 2.57. The first-order valence-corrected chi connectivity index (χ1v) is 5.59. The summed E-state index contributed by atoms with van der Waals surface area (Å²) >= 11 is 0. The molecule has 0 radical (unpaired) electrons. The third kappa shape index (κ3) is 3.41. The third-order valence-electron chi connectivity index (χ3n) is 2.57. The molecule has 8 heteroatoms. The zero-order chi connectivity index (χ0) is 15.6. The van der Waals surface area contributed by atoms with E-state index in [1.807, 2.05) is 0 Å². The molecule has 0 bridgehead atoms. The maximum atomic E-state index is 12.0. The van der Waals surface area contributed by atoms with E-state index in [1.165, 1.54) is 24.4 Å². The molecule has 5 nitrogen and oxygen atoms in total. The summed E-state index contributed by atoms with van der Waals surface area (Å²) in [6.07, 6.45) is -3.64. The quantitative estimate of drug-likeness (QED) is 0.913. The average molecular weight is 299 g/mol. The maximum Gasteiger partial charge on any atom is 0.573 e. The van der Waals surface area contributed by atoms with Crippen LogP contribution in [0.5, 0.6) is 5.75 Å². The Bertz CT molecular complexity index is 719. The van der Waals surface area contributed by atoms with Crippen LogP contribution in [0.3, 0.4) is 0 Å². The topological polar surface area (TPSA) is 79.4 Å². The van der Waals surface area contributed by atoms with Gasteiger partial charge in [-0.1, -0.05) is 12.1 Å². The van der Waals surface area contributed by atoms with Crippen molar-refractivity contribution in [2.75, 3.05) is 0 Å². The number of aromatic amines is 1. The first-order valence-electron chi connectivity index (χ1n) is 5.59. The second kappa shape index (κ2) is 5.31. The zero-order valence-electron chi connectivity index (χ0n) is 10.3. The zero-order valence-corrected chi connectivity index (χ0v) is 10.3. The van der Waals surface area contributed by atoms with E-state index in [-0.39, 0.29) is 16.7 Å². The lowest BCUT2D eigenvalue weighted by molar-refractivity contribution is -0.274. The van der Waals surface area contributed by atoms with Crippen LogP contribution >= 0.6 is 0 Å². The van der Waals surface area contributed by atoms with Gasteiger partial charge in [-0.2, -0.15) is 0 Å². The molecule has 0 aliphatic carbocycles. The number of pyridine rings is 1. The molecule has 0 aliphatic rings. The molecule has 2 N–H and O–H groups in total. The molecule has 110 valence electrons. The summed E-state index contributed by atoms with van der Waals surface area (Å²) < 4.78 is 39.8. The van der Waals surface area contributed by atoms with Crippen molar-refractivity contribution >= 4 is 5.97 Å². The van der Waals surface area contributed by atoms with Crippen LogP contribution in [0.15, 0.2) is 41.3 Å². The maximum absolute atomic E-state index is 12.0. The molecule has 21 heavy (non-hydrogen) atoms. The van der Waals surface area contributed by atoms with E-state index in [1.54, 1.807) is 0 Å². The van der Waals surface area contributed by atoms with E-state index in [0.29, 0.717) is 0 Å². The van der Waals surface area contributed by atoms with Crippen LogP contribution in [-0.2, 0) is 0 Å². The number of halogens is 3. The lowest BCUT2D eigenvalue weighted by Crippen LogP contribution is -2.17. The molecule has 0 unspecified atom stereocenters. The number of aromatic carboxylic acids is 1. The van der Waals surface area contributed by atoms with Crippen LogP contribution in [0.2, 0.25) is 0 Å². The number of ether oxygens (including phenoxy) is 1. The standard InChI is InChI=1S/C13H8F3NO4/c14-13(15,16)21-8-3-1-7(2-4-8)10-9(12(19)20)5-6-17-11(10)18/h1-6H,(H,17,18)(H,19,20). The number of H-pyrrole nitrogens is 1. The number of carbonyl (C=O) groups is 1. The number of aromatic nitrogens is 1. The van der Waals surface area contributed by atoms with Crippen molar-refractivity contribution in [1.82, 2.24) is 4.98 Å². The minimum absolute atomic E-state index is 0.136. The Morgan fingerprint density at radius 3 is 2.29 bits per heavy atom. The lowest BCUT2D eigenvalue weighted by atomic mass is 10.0. The van der Waals surface area contributed by atoms with E-state index >= 15 is 0 Å². The molecule has 0 saturated heterocycles. The van der Waals surface area contributed by atoms with Gasteiger partial charge in [-0.05, 0) is 23.8 Å². The predicted molar refractivity (Wildman–Crippen MR) is 66.1 cm³/mol. The van der Waals surface area contributed by atoms with Gasteiger partial charge in [0.25, 0.3) is 5.56 Å². The van der Waals surface area contributed by atoms with Crippen LogP contribution in [0.25, 0.3) is 11.1 Å². The Labute approximate surface area is 115 Å². The number of rotatable bonds is 3. The van der Waals surface area contributed by atoms with E-state index in [2.05, 4.69) is 9.72 Å². The van der Waals surface area contributed by atoms with Crippen LogP contribution in [0, 0.1) is 0 Å². The molecule has 0 atom stereocenters. The highest BCUT2D eigenvalue weighted by Gasteiger charge is 2.31. The summed E-state index contributed by atoms with van der Waals surface area (Å²) in [6.45, 7) is 0. The summed E-state index contributed by atoms with van der Waals surface area (Å²) in [5, 5.41) is 9.03. The summed E-state index contributed by atoms with van der Waals surface area (Å²) in [5.41, 5.74) is -0.866. The fraction of sp³-hybridized carbons (Fsp3) is 0.0769. The van der Waals surface area contributed by atoms with Crippen molar-refractivity contribution in [3.8, 4) is 16.9 Å². The fourth-order valence-corrected chi connectivity index (χ4v) is 1.77. The Hall–Kier alpha value is -2.77. The van der Waals surface area contributed by atoms with E-state index in [0.717, 1.165) is 12.1 Å². The molecule has 1 heterocycles. The van der Waals surface area contributed by atoms with E-state index in [4.69, 9.17) is 5.11 Å². The van der Waals surface area contributed by atoms with Crippen molar-refractivity contribution in [2.24, 2.45) is 0 Å². The average Bonchev–Trinajstić information content (AvgIpc) is 2.37. The Kier molecular flexibility index (Phi) is 3.70. The van der Waals surface area contributed by atoms with Gasteiger partial charge in [-0.25, -0.2) is 4.79 Å². The minimum atomic E-state index is -4.82. The molecule has 0 fully saturated rings. The molecule has 2 aromatic rings. The Morgan fingerprint density at radius 2 is 1.76 bits per heavy atom. The van der Waals surface area contributed by atoms with Gasteiger partial charge in [0.1, 0.15) is 5.75 Å². The summed E-state index contributed by atoms with van der Waals surface area (Å²) in [4.78, 5) is 25.1.